The predicted octanol–water partition coefficient (Wildman–Crippen LogP) is 0.136. The van der Waals surface area contributed by atoms with E-state index in [0.717, 1.165) is 27.7 Å². The van der Waals surface area contributed by atoms with E-state index in [4.69, 9.17) is 37.9 Å². The lowest BCUT2D eigenvalue weighted by Crippen LogP contribution is -2.63. The quantitative estimate of drug-likeness (QED) is 0.217. The molecule has 0 N–H and O–H groups in total. The lowest BCUT2D eigenvalue weighted by atomic mass is 9.84. The van der Waals surface area contributed by atoms with Crippen molar-refractivity contribution in [2.45, 2.75) is 84.5 Å². The summed E-state index contributed by atoms with van der Waals surface area (Å²) in [5.41, 5.74) is 0. The molecule has 2 aliphatic rings. The van der Waals surface area contributed by atoms with Crippen LogP contribution in [-0.4, -0.2) is 91.9 Å². The van der Waals surface area contributed by atoms with E-state index in [0.29, 0.717) is 0 Å². The molecule has 1 fully saturated rings. The highest BCUT2D eigenvalue weighted by molar-refractivity contribution is 5.68. The number of carbonyl (C=O) groups excluding carboxylic acids is 6. The molecular formula is C24H32O14. The number of hydrogen-bond donors (Lipinski definition) is 0. The fraction of sp³-hybridized carbons (Fsp3) is 0.667. The Balaban J connectivity index is 2.53. The van der Waals surface area contributed by atoms with Gasteiger partial charge in [-0.1, -0.05) is 6.08 Å². The fourth-order valence-corrected chi connectivity index (χ4v) is 4.07. The average Bonchev–Trinajstić information content (AvgIpc) is 2.77. The Morgan fingerprint density at radius 3 is 1.58 bits per heavy atom. The van der Waals surface area contributed by atoms with Gasteiger partial charge in [-0.15, -0.1) is 0 Å². The van der Waals surface area contributed by atoms with Crippen molar-refractivity contribution in [2.24, 2.45) is 5.92 Å². The summed E-state index contributed by atoms with van der Waals surface area (Å²) >= 11 is 0. The normalized spacial score (nSPS) is 30.4. The van der Waals surface area contributed by atoms with Gasteiger partial charge in [0.15, 0.2) is 12.2 Å². The Bertz CT molecular complexity index is 942. The molecule has 0 radical (unpaired) electrons. The van der Waals surface area contributed by atoms with E-state index in [1.54, 1.807) is 0 Å². The molecule has 2 aliphatic heterocycles. The molecule has 0 aromatic rings. The number of hydrogen-bond acceptors (Lipinski definition) is 14. The van der Waals surface area contributed by atoms with Crippen molar-refractivity contribution in [2.75, 3.05) is 13.2 Å². The van der Waals surface area contributed by atoms with E-state index < -0.39 is 91.3 Å². The number of rotatable bonds is 9. The first kappa shape index (κ1) is 30.7. The molecule has 0 aliphatic carbocycles. The summed E-state index contributed by atoms with van der Waals surface area (Å²) in [6.07, 6.45) is -5.28. The molecule has 1 saturated heterocycles. The Morgan fingerprint density at radius 2 is 1.08 bits per heavy atom. The summed E-state index contributed by atoms with van der Waals surface area (Å²) in [5, 5.41) is 0. The van der Waals surface area contributed by atoms with Gasteiger partial charge in [0, 0.05) is 41.5 Å². The van der Waals surface area contributed by atoms with Gasteiger partial charge in [-0.25, -0.2) is 0 Å². The summed E-state index contributed by atoms with van der Waals surface area (Å²) in [4.78, 5) is 70.5. The molecule has 2 rings (SSSR count). The SMILES string of the molecule is CC(=O)OC[C@H]1O[C@H](OC(C)=O)[C@H]([C@@H]2C=C[C@H](OC(C)=O)[C@@H](COC(C)=O)O2)[C@@H](OC(C)=O)[C@@H]1OC(C)=O. The second-order valence-corrected chi connectivity index (χ2v) is 8.58. The van der Waals surface area contributed by atoms with Crippen LogP contribution in [0.1, 0.15) is 41.5 Å². The van der Waals surface area contributed by atoms with E-state index in [9.17, 15) is 28.8 Å². The number of ether oxygens (including phenoxy) is 8. The minimum atomic E-state index is -1.43. The Labute approximate surface area is 218 Å². The van der Waals surface area contributed by atoms with Gasteiger partial charge in [0.2, 0.25) is 6.29 Å². The highest BCUT2D eigenvalue weighted by Gasteiger charge is 2.55. The lowest BCUT2D eigenvalue weighted by molar-refractivity contribution is -0.299. The van der Waals surface area contributed by atoms with E-state index >= 15 is 0 Å². The number of carbonyl (C=O) groups is 6. The molecule has 38 heavy (non-hydrogen) atoms. The summed E-state index contributed by atoms with van der Waals surface area (Å²) in [6, 6.07) is 0. The van der Waals surface area contributed by atoms with Crippen LogP contribution in [0, 0.1) is 5.92 Å². The van der Waals surface area contributed by atoms with Gasteiger partial charge in [0.25, 0.3) is 0 Å². The van der Waals surface area contributed by atoms with Crippen LogP contribution < -0.4 is 0 Å². The standard InChI is InChI=1S/C24H32O14/c1-11(25)31-9-19-17(33-13(3)27)7-8-18(37-19)21-23(35-15(5)29)22(34-14(4)28)20(10-32-12(2)26)38-24(21)36-16(6)30/h7-8,17-24H,9-10H2,1-6H3/t17-,18-,19+,20+,21+,22+,23+,24-/m0/s1. The van der Waals surface area contributed by atoms with Gasteiger partial charge in [0.05, 0.1) is 12.0 Å². The Hall–Kier alpha value is -3.52. The largest absolute Gasteiger partial charge is 0.463 e. The molecule has 0 amide bonds. The lowest BCUT2D eigenvalue weighted by Gasteiger charge is -2.47. The Morgan fingerprint density at radius 1 is 0.579 bits per heavy atom. The molecule has 0 unspecified atom stereocenters. The maximum atomic E-state index is 12.1. The van der Waals surface area contributed by atoms with E-state index in [-0.39, 0.29) is 6.61 Å². The van der Waals surface area contributed by atoms with Crippen molar-refractivity contribution in [1.82, 2.24) is 0 Å². The van der Waals surface area contributed by atoms with Crippen LogP contribution >= 0.6 is 0 Å². The molecular weight excluding hydrogens is 512 g/mol. The molecule has 2 heterocycles. The minimum absolute atomic E-state index is 0.305. The molecule has 0 aromatic carbocycles. The Kier molecular flexibility index (Phi) is 11.2. The van der Waals surface area contributed by atoms with E-state index in [2.05, 4.69) is 0 Å². The van der Waals surface area contributed by atoms with Crippen molar-refractivity contribution < 1.29 is 66.7 Å². The molecule has 0 saturated carbocycles. The third kappa shape index (κ3) is 9.10. The molecule has 0 aromatic heterocycles. The van der Waals surface area contributed by atoms with Gasteiger partial charge in [0.1, 0.15) is 31.5 Å². The van der Waals surface area contributed by atoms with Gasteiger partial charge in [-0.05, 0) is 6.08 Å². The first-order valence-electron chi connectivity index (χ1n) is 11.7. The monoisotopic (exact) mass is 544 g/mol. The van der Waals surface area contributed by atoms with Crippen LogP contribution in [0.3, 0.4) is 0 Å². The van der Waals surface area contributed by atoms with E-state index in [1.165, 1.54) is 26.0 Å². The van der Waals surface area contributed by atoms with Crippen molar-refractivity contribution in [3.63, 3.8) is 0 Å². The zero-order valence-corrected chi connectivity index (χ0v) is 21.9. The van der Waals surface area contributed by atoms with Gasteiger partial charge < -0.3 is 37.9 Å². The second kappa shape index (κ2) is 13.9. The average molecular weight is 545 g/mol. The zero-order valence-electron chi connectivity index (χ0n) is 21.9. The van der Waals surface area contributed by atoms with Crippen molar-refractivity contribution in [3.05, 3.63) is 12.2 Å². The van der Waals surface area contributed by atoms with Crippen LogP contribution in [0.2, 0.25) is 0 Å². The highest BCUT2D eigenvalue weighted by Crippen LogP contribution is 2.37. The van der Waals surface area contributed by atoms with Crippen LogP contribution in [0.25, 0.3) is 0 Å². The van der Waals surface area contributed by atoms with Crippen LogP contribution in [0.4, 0.5) is 0 Å². The van der Waals surface area contributed by atoms with Crippen LogP contribution in [-0.2, 0) is 66.7 Å². The molecule has 0 bridgehead atoms. The molecule has 0 spiro atoms. The van der Waals surface area contributed by atoms with Gasteiger partial charge in [-0.2, -0.15) is 0 Å². The third-order valence-electron chi connectivity index (χ3n) is 5.35. The highest BCUT2D eigenvalue weighted by atomic mass is 16.7. The van der Waals surface area contributed by atoms with Crippen molar-refractivity contribution in [1.29, 1.82) is 0 Å². The topological polar surface area (TPSA) is 176 Å². The van der Waals surface area contributed by atoms with E-state index in [1.807, 2.05) is 0 Å². The number of esters is 6. The summed E-state index contributed by atoms with van der Waals surface area (Å²) in [6.45, 7) is 6.18. The second-order valence-electron chi connectivity index (χ2n) is 8.58. The maximum absolute atomic E-state index is 12.1. The predicted molar refractivity (Wildman–Crippen MR) is 122 cm³/mol. The van der Waals surface area contributed by atoms with Gasteiger partial charge in [-0.3, -0.25) is 28.8 Å². The fourth-order valence-electron chi connectivity index (χ4n) is 4.07. The maximum Gasteiger partial charge on any atom is 0.304 e. The first-order chi connectivity index (χ1) is 17.8. The van der Waals surface area contributed by atoms with Crippen molar-refractivity contribution in [3.8, 4) is 0 Å². The third-order valence-corrected chi connectivity index (χ3v) is 5.35. The zero-order chi connectivity index (χ0) is 28.6. The molecule has 14 heteroatoms. The first-order valence-corrected chi connectivity index (χ1v) is 11.7. The smallest absolute Gasteiger partial charge is 0.304 e. The summed E-state index contributed by atoms with van der Waals surface area (Å²) in [7, 11) is 0. The van der Waals surface area contributed by atoms with Crippen LogP contribution in [0.15, 0.2) is 12.2 Å². The summed E-state index contributed by atoms with van der Waals surface area (Å²) < 4.78 is 43.6. The van der Waals surface area contributed by atoms with Gasteiger partial charge >= 0.3 is 35.8 Å². The van der Waals surface area contributed by atoms with Crippen LogP contribution in [0.5, 0.6) is 0 Å². The molecule has 14 nitrogen and oxygen atoms in total. The molecule has 212 valence electrons. The summed E-state index contributed by atoms with van der Waals surface area (Å²) in [5.74, 6) is -5.29. The molecule has 8 atom stereocenters. The van der Waals surface area contributed by atoms with Crippen molar-refractivity contribution >= 4 is 35.8 Å². The minimum Gasteiger partial charge on any atom is -0.463 e.